The minimum absolute atomic E-state index is 0.399. The zero-order valence-corrected chi connectivity index (χ0v) is 22.3. The molecule has 0 unspecified atom stereocenters. The van der Waals surface area contributed by atoms with Crippen molar-refractivity contribution < 1.29 is 13.8 Å². The molecule has 2 aliphatic rings. The fraction of sp³-hybridized carbons (Fsp3) is 0.219. The number of nitrogens with zero attached hydrogens (tertiary/aromatic N) is 1. The smallest absolute Gasteiger partial charge is 0.409 e. The Bertz CT molecular complexity index is 1430. The largest absolute Gasteiger partial charge is 0.500 e. The number of aromatic nitrogens is 1. The minimum atomic E-state index is -1.52. The Kier molecular flexibility index (Phi) is 5.56. The first-order valence-corrected chi connectivity index (χ1v) is 13.2. The zero-order valence-electron chi connectivity index (χ0n) is 22.3. The van der Waals surface area contributed by atoms with E-state index in [0.29, 0.717) is 0 Å². The van der Waals surface area contributed by atoms with E-state index in [1.165, 1.54) is 33.2 Å². The van der Waals surface area contributed by atoms with Gasteiger partial charge in [0.25, 0.3) is 0 Å². The summed E-state index contributed by atoms with van der Waals surface area (Å²) in [4.78, 5) is 0. The van der Waals surface area contributed by atoms with Crippen molar-refractivity contribution in [1.82, 2.24) is 0 Å². The van der Waals surface area contributed by atoms with Crippen LogP contribution >= 0.6 is 0 Å². The number of aryl methyl sites for hydroxylation is 1. The van der Waals surface area contributed by atoms with Crippen LogP contribution in [0.2, 0.25) is 0 Å². The molecule has 0 radical (unpaired) electrons. The van der Waals surface area contributed by atoms with Gasteiger partial charge in [-0.3, -0.25) is 0 Å². The van der Waals surface area contributed by atoms with Crippen molar-refractivity contribution in [1.29, 1.82) is 0 Å². The van der Waals surface area contributed by atoms with E-state index in [9.17, 15) is 0 Å². The van der Waals surface area contributed by atoms with Crippen LogP contribution in [0, 0.1) is 6.92 Å². The molecule has 1 fully saturated rings. The Morgan fingerprint density at radius 3 is 1.70 bits per heavy atom. The summed E-state index contributed by atoms with van der Waals surface area (Å²) in [5.41, 5.74) is 7.76. The average Bonchev–Trinajstić information content (AvgIpc) is 3.37. The molecular formula is C32H33B2NO2. The molecule has 4 aromatic rings. The standard InChI is InChI=1S/C32H33B2NO2/c1-24-21-26(33-36-31(2,3)32(4,5)37-33)23-35-30(24)22-29(25-15-9-6-10-16-25)34(35,27-17-11-7-12-18-27)28-19-13-8-14-20-28/h6-23H,1-5H3. The van der Waals surface area contributed by atoms with Crippen LogP contribution in [-0.2, 0) is 9.31 Å². The van der Waals surface area contributed by atoms with Gasteiger partial charge in [0.05, 0.1) is 11.2 Å². The van der Waals surface area contributed by atoms with Crippen molar-refractivity contribution in [2.45, 2.75) is 45.8 Å². The quantitative estimate of drug-likeness (QED) is 0.403. The van der Waals surface area contributed by atoms with Crippen molar-refractivity contribution in [3.8, 4) is 0 Å². The normalized spacial score (nSPS) is 18.9. The van der Waals surface area contributed by atoms with E-state index < -0.39 is 24.6 Å². The lowest BCUT2D eigenvalue weighted by atomic mass is 9.23. The number of benzene rings is 3. The van der Waals surface area contributed by atoms with E-state index in [0.717, 1.165) is 5.46 Å². The Morgan fingerprint density at radius 1 is 0.703 bits per heavy atom. The van der Waals surface area contributed by atoms with Crippen LogP contribution in [0.25, 0.3) is 11.5 Å². The highest BCUT2D eigenvalue weighted by molar-refractivity contribution is 7.10. The summed E-state index contributed by atoms with van der Waals surface area (Å²) in [6.45, 7) is 10.6. The van der Waals surface area contributed by atoms with E-state index in [1.54, 1.807) is 0 Å². The minimum Gasteiger partial charge on any atom is -0.409 e. The third-order valence-electron chi connectivity index (χ3n) is 8.71. The van der Waals surface area contributed by atoms with Crippen LogP contribution in [-0.4, -0.2) is 24.6 Å². The fourth-order valence-corrected chi connectivity index (χ4v) is 6.12. The summed E-state index contributed by atoms with van der Waals surface area (Å²) in [5, 5.41) is 0. The van der Waals surface area contributed by atoms with Crippen LogP contribution in [0.1, 0.15) is 44.5 Å². The SMILES string of the molecule is Cc1cc(B2OC(C)(C)C(C)(C)O2)c[n+]2c1C=C(c1ccccc1)[B-]2(c1ccccc1)c1ccccc1. The fourth-order valence-electron chi connectivity index (χ4n) is 6.12. The summed E-state index contributed by atoms with van der Waals surface area (Å²) < 4.78 is 15.5. The van der Waals surface area contributed by atoms with Gasteiger partial charge in [0.15, 0.2) is 5.69 Å². The number of rotatable bonds is 4. The highest BCUT2D eigenvalue weighted by atomic mass is 16.7. The number of hydrogen-bond acceptors (Lipinski definition) is 2. The van der Waals surface area contributed by atoms with Crippen LogP contribution in [0.4, 0.5) is 0 Å². The molecule has 3 nitrogen and oxygen atoms in total. The molecule has 0 aliphatic carbocycles. The van der Waals surface area contributed by atoms with Gasteiger partial charge in [-0.15, -0.1) is 16.4 Å². The monoisotopic (exact) mass is 485 g/mol. The molecule has 37 heavy (non-hydrogen) atoms. The zero-order chi connectivity index (χ0) is 25.8. The first-order valence-electron chi connectivity index (χ1n) is 13.2. The van der Waals surface area contributed by atoms with Crippen molar-refractivity contribution in [2.24, 2.45) is 0 Å². The highest BCUT2D eigenvalue weighted by Crippen LogP contribution is 2.37. The van der Waals surface area contributed by atoms with Crippen LogP contribution in [0.15, 0.2) is 103 Å². The summed E-state index contributed by atoms with van der Waals surface area (Å²) in [5.74, 6) is 0. The Morgan fingerprint density at radius 2 is 1.19 bits per heavy atom. The molecule has 184 valence electrons. The second-order valence-corrected chi connectivity index (χ2v) is 11.4. The molecule has 0 N–H and O–H groups in total. The van der Waals surface area contributed by atoms with Gasteiger partial charge >= 0.3 is 13.4 Å². The summed E-state index contributed by atoms with van der Waals surface area (Å²) in [6, 6.07) is 34.9. The van der Waals surface area contributed by atoms with Crippen molar-refractivity contribution in [3.05, 3.63) is 120 Å². The van der Waals surface area contributed by atoms with E-state index in [-0.39, 0.29) is 0 Å². The molecule has 0 amide bonds. The maximum absolute atomic E-state index is 6.51. The van der Waals surface area contributed by atoms with Crippen molar-refractivity contribution in [2.75, 3.05) is 0 Å². The molecule has 5 heteroatoms. The van der Waals surface area contributed by atoms with Gasteiger partial charge in [-0.2, -0.15) is 0 Å². The molecule has 1 saturated heterocycles. The lowest BCUT2D eigenvalue weighted by Gasteiger charge is -2.36. The van der Waals surface area contributed by atoms with E-state index in [2.05, 4.69) is 148 Å². The Hall–Kier alpha value is -3.40. The van der Waals surface area contributed by atoms with E-state index in [1.807, 2.05) is 0 Å². The number of hydrogen-bond donors (Lipinski definition) is 0. The Balaban J connectivity index is 1.65. The lowest BCUT2D eigenvalue weighted by Crippen LogP contribution is -2.79. The van der Waals surface area contributed by atoms with Gasteiger partial charge in [-0.1, -0.05) is 96.6 Å². The van der Waals surface area contributed by atoms with Crippen LogP contribution in [0.5, 0.6) is 0 Å². The molecule has 0 saturated carbocycles. The maximum atomic E-state index is 6.51. The van der Waals surface area contributed by atoms with E-state index in [4.69, 9.17) is 9.31 Å². The molecular weight excluding hydrogens is 452 g/mol. The van der Waals surface area contributed by atoms with Crippen LogP contribution in [0.3, 0.4) is 0 Å². The molecule has 1 aromatic heterocycles. The molecule has 3 heterocycles. The topological polar surface area (TPSA) is 22.3 Å². The first kappa shape index (κ1) is 24.0. The summed E-state index contributed by atoms with van der Waals surface area (Å²) >= 11 is 0. The van der Waals surface area contributed by atoms with Gasteiger partial charge in [0.2, 0.25) is 0 Å². The van der Waals surface area contributed by atoms with E-state index >= 15 is 0 Å². The lowest BCUT2D eigenvalue weighted by molar-refractivity contribution is -0.538. The molecule has 0 atom stereocenters. The maximum Gasteiger partial charge on any atom is 0.500 e. The predicted molar refractivity (Wildman–Crippen MR) is 155 cm³/mol. The average molecular weight is 485 g/mol. The highest BCUT2D eigenvalue weighted by Gasteiger charge is 2.54. The molecule has 0 spiro atoms. The predicted octanol–water partition coefficient (Wildman–Crippen LogP) is 4.28. The van der Waals surface area contributed by atoms with Gasteiger partial charge in [0, 0.05) is 11.0 Å². The van der Waals surface area contributed by atoms with Gasteiger partial charge < -0.3 is 13.8 Å². The third kappa shape index (κ3) is 3.64. The second kappa shape index (κ2) is 8.58. The summed E-state index contributed by atoms with van der Waals surface area (Å²) in [7, 11) is -0.428. The first-order chi connectivity index (χ1) is 17.7. The number of pyridine rings is 1. The van der Waals surface area contributed by atoms with Gasteiger partial charge in [-0.25, -0.2) is 0 Å². The summed E-state index contributed by atoms with van der Waals surface area (Å²) in [6.07, 6.45) is 3.15. The van der Waals surface area contributed by atoms with Crippen LogP contribution < -0.4 is 20.9 Å². The Labute approximate surface area is 220 Å². The third-order valence-corrected chi connectivity index (χ3v) is 8.71. The molecule has 6 rings (SSSR count). The molecule has 2 aliphatic heterocycles. The van der Waals surface area contributed by atoms with Crippen molar-refractivity contribution >= 4 is 41.3 Å². The van der Waals surface area contributed by atoms with Gasteiger partial charge in [-0.05, 0) is 46.8 Å². The molecule has 0 bridgehead atoms. The second-order valence-electron chi connectivity index (χ2n) is 11.4. The molecule has 3 aromatic carbocycles. The van der Waals surface area contributed by atoms with Crippen molar-refractivity contribution in [3.63, 3.8) is 0 Å². The van der Waals surface area contributed by atoms with Gasteiger partial charge in [0.1, 0.15) is 6.20 Å². The number of fused-ring (bicyclic) bond motifs is 1.